The van der Waals surface area contributed by atoms with E-state index in [0.29, 0.717) is 21.5 Å². The quantitative estimate of drug-likeness (QED) is 0.671. The van der Waals surface area contributed by atoms with Gasteiger partial charge >= 0.3 is 5.97 Å². The van der Waals surface area contributed by atoms with Crippen LogP contribution in [-0.2, 0) is 11.2 Å². The van der Waals surface area contributed by atoms with Crippen LogP contribution < -0.4 is 0 Å². The van der Waals surface area contributed by atoms with E-state index in [1.165, 1.54) is 0 Å². The maximum absolute atomic E-state index is 13.0. The Kier molecular flexibility index (Phi) is 4.59. The molecule has 2 heterocycles. The highest BCUT2D eigenvalue weighted by Crippen LogP contribution is 2.27. The van der Waals surface area contributed by atoms with Gasteiger partial charge in [0, 0.05) is 27.7 Å². The second kappa shape index (κ2) is 6.69. The summed E-state index contributed by atoms with van der Waals surface area (Å²) in [7, 11) is 0. The molecule has 25 heavy (non-hydrogen) atoms. The molecule has 0 aliphatic rings. The normalized spacial score (nSPS) is 11.2. The molecule has 2 N–H and O–H groups in total. The molecule has 0 spiro atoms. The molecule has 0 bridgehead atoms. The van der Waals surface area contributed by atoms with E-state index in [1.54, 1.807) is 30.5 Å². The molecule has 0 aliphatic heterocycles. The van der Waals surface area contributed by atoms with Crippen LogP contribution >= 0.6 is 11.6 Å². The third kappa shape index (κ3) is 3.42. The molecular weight excluding hydrogens is 340 g/mol. The van der Waals surface area contributed by atoms with Gasteiger partial charge in [-0.1, -0.05) is 31.5 Å². The Balaban J connectivity index is 2.15. The Morgan fingerprint density at radius 1 is 1.24 bits per heavy atom. The number of ketones is 1. The number of carbonyl (C=O) groups is 2. The van der Waals surface area contributed by atoms with Gasteiger partial charge in [0.2, 0.25) is 5.78 Å². The summed E-state index contributed by atoms with van der Waals surface area (Å²) in [6, 6.07) is 8.69. The number of hydrogen-bond acceptors (Lipinski definition) is 3. The number of benzene rings is 1. The SMILES string of the molecule is CC(C)c1ccnc(C(=O)c2[nH]c3cc(Cl)ccc3c2CC(=O)O)c1. The highest BCUT2D eigenvalue weighted by atomic mass is 35.5. The van der Waals surface area contributed by atoms with E-state index in [2.05, 4.69) is 9.97 Å². The first kappa shape index (κ1) is 17.2. The van der Waals surface area contributed by atoms with E-state index in [-0.39, 0.29) is 29.5 Å². The highest BCUT2D eigenvalue weighted by molar-refractivity contribution is 6.31. The second-order valence-corrected chi connectivity index (χ2v) is 6.63. The zero-order valence-corrected chi connectivity index (χ0v) is 14.6. The van der Waals surface area contributed by atoms with Crippen LogP contribution in [0.15, 0.2) is 36.5 Å². The topological polar surface area (TPSA) is 83.0 Å². The molecule has 3 aromatic rings. The van der Waals surface area contributed by atoms with E-state index >= 15 is 0 Å². The van der Waals surface area contributed by atoms with Crippen molar-refractivity contribution in [3.05, 3.63) is 64.1 Å². The number of nitrogens with zero attached hydrogens (tertiary/aromatic N) is 1. The Labute approximate surface area is 149 Å². The molecule has 0 amide bonds. The summed E-state index contributed by atoms with van der Waals surface area (Å²) in [5.41, 5.74) is 2.61. The van der Waals surface area contributed by atoms with Crippen LogP contribution in [0.4, 0.5) is 0 Å². The number of aromatic nitrogens is 2. The maximum Gasteiger partial charge on any atom is 0.307 e. The number of fused-ring (bicyclic) bond motifs is 1. The fourth-order valence-corrected chi connectivity index (χ4v) is 2.99. The molecule has 0 fully saturated rings. The van der Waals surface area contributed by atoms with Gasteiger partial charge in [0.05, 0.1) is 12.1 Å². The van der Waals surface area contributed by atoms with Gasteiger partial charge in [0.1, 0.15) is 5.69 Å². The van der Waals surface area contributed by atoms with E-state index in [4.69, 9.17) is 11.6 Å². The molecule has 0 saturated carbocycles. The van der Waals surface area contributed by atoms with Crippen molar-refractivity contribution in [1.29, 1.82) is 0 Å². The summed E-state index contributed by atoms with van der Waals surface area (Å²) >= 11 is 6.00. The predicted octanol–water partition coefficient (Wildman–Crippen LogP) is 4.20. The van der Waals surface area contributed by atoms with Crippen LogP contribution in [0.2, 0.25) is 5.02 Å². The summed E-state index contributed by atoms with van der Waals surface area (Å²) in [5.74, 6) is -1.07. The largest absolute Gasteiger partial charge is 0.481 e. The van der Waals surface area contributed by atoms with E-state index in [1.807, 2.05) is 19.9 Å². The van der Waals surface area contributed by atoms with Crippen LogP contribution in [-0.4, -0.2) is 26.8 Å². The number of nitrogens with one attached hydrogen (secondary N) is 1. The number of pyridine rings is 1. The second-order valence-electron chi connectivity index (χ2n) is 6.20. The summed E-state index contributed by atoms with van der Waals surface area (Å²) in [6.07, 6.45) is 1.34. The first-order valence-electron chi connectivity index (χ1n) is 7.89. The van der Waals surface area contributed by atoms with E-state index in [9.17, 15) is 14.7 Å². The molecule has 0 saturated heterocycles. The minimum Gasteiger partial charge on any atom is -0.481 e. The fraction of sp³-hybridized carbons (Fsp3) is 0.211. The predicted molar refractivity (Wildman–Crippen MR) is 96.4 cm³/mol. The number of carbonyl (C=O) groups excluding carboxylic acids is 1. The number of carboxylic acids is 1. The number of aliphatic carboxylic acids is 1. The Hall–Kier alpha value is -2.66. The lowest BCUT2D eigenvalue weighted by Crippen LogP contribution is -2.10. The van der Waals surface area contributed by atoms with Crippen LogP contribution in [0.3, 0.4) is 0 Å². The van der Waals surface area contributed by atoms with Crippen molar-refractivity contribution in [3.8, 4) is 0 Å². The molecular formula is C19H17ClN2O3. The van der Waals surface area contributed by atoms with Crippen LogP contribution in [0.5, 0.6) is 0 Å². The van der Waals surface area contributed by atoms with Crippen molar-refractivity contribution in [2.24, 2.45) is 0 Å². The average molecular weight is 357 g/mol. The minimum absolute atomic E-state index is 0.244. The molecule has 0 unspecified atom stereocenters. The number of hydrogen-bond donors (Lipinski definition) is 2. The van der Waals surface area contributed by atoms with Gasteiger partial charge < -0.3 is 10.1 Å². The van der Waals surface area contributed by atoms with Gasteiger partial charge in [-0.15, -0.1) is 0 Å². The molecule has 0 atom stereocenters. The summed E-state index contributed by atoms with van der Waals surface area (Å²) in [6.45, 7) is 4.06. The summed E-state index contributed by atoms with van der Waals surface area (Å²) < 4.78 is 0. The Morgan fingerprint density at radius 3 is 2.68 bits per heavy atom. The molecule has 2 aromatic heterocycles. The highest BCUT2D eigenvalue weighted by Gasteiger charge is 2.22. The first-order chi connectivity index (χ1) is 11.9. The molecule has 3 rings (SSSR count). The van der Waals surface area contributed by atoms with Gasteiger partial charge in [-0.2, -0.15) is 0 Å². The minimum atomic E-state index is -1.01. The summed E-state index contributed by atoms with van der Waals surface area (Å²) in [5, 5.41) is 10.4. The van der Waals surface area contributed by atoms with Crippen molar-refractivity contribution in [1.82, 2.24) is 9.97 Å². The lowest BCUT2D eigenvalue weighted by atomic mass is 10.00. The van der Waals surface area contributed by atoms with Crippen molar-refractivity contribution in [2.45, 2.75) is 26.2 Å². The molecule has 5 nitrogen and oxygen atoms in total. The number of rotatable bonds is 5. The number of aromatic amines is 1. The monoisotopic (exact) mass is 356 g/mol. The van der Waals surface area contributed by atoms with E-state index in [0.717, 1.165) is 5.56 Å². The fourth-order valence-electron chi connectivity index (χ4n) is 2.81. The van der Waals surface area contributed by atoms with Crippen LogP contribution in [0.1, 0.15) is 47.1 Å². The van der Waals surface area contributed by atoms with Gasteiger partial charge in [0.25, 0.3) is 0 Å². The number of carboxylic acid groups (broad SMARTS) is 1. The zero-order valence-electron chi connectivity index (χ0n) is 13.8. The van der Waals surface area contributed by atoms with Crippen LogP contribution in [0, 0.1) is 0 Å². The molecule has 0 aliphatic carbocycles. The molecule has 128 valence electrons. The first-order valence-corrected chi connectivity index (χ1v) is 8.27. The third-order valence-electron chi connectivity index (χ3n) is 4.11. The Morgan fingerprint density at radius 2 is 2.00 bits per heavy atom. The van der Waals surface area contributed by atoms with E-state index < -0.39 is 5.97 Å². The van der Waals surface area contributed by atoms with Crippen LogP contribution in [0.25, 0.3) is 10.9 Å². The average Bonchev–Trinajstić information content (AvgIpc) is 2.91. The maximum atomic E-state index is 13.0. The van der Waals surface area contributed by atoms with Gasteiger partial charge in [0.15, 0.2) is 0 Å². The van der Waals surface area contributed by atoms with Gasteiger partial charge in [-0.3, -0.25) is 14.6 Å². The summed E-state index contributed by atoms with van der Waals surface area (Å²) in [4.78, 5) is 31.4. The molecule has 6 heteroatoms. The lowest BCUT2D eigenvalue weighted by molar-refractivity contribution is -0.136. The van der Waals surface area contributed by atoms with Gasteiger partial charge in [-0.25, -0.2) is 0 Å². The number of H-pyrrole nitrogens is 1. The zero-order chi connectivity index (χ0) is 18.1. The van der Waals surface area contributed by atoms with Crippen molar-refractivity contribution in [2.75, 3.05) is 0 Å². The Bertz CT molecular complexity index is 976. The van der Waals surface area contributed by atoms with Crippen molar-refractivity contribution in [3.63, 3.8) is 0 Å². The van der Waals surface area contributed by atoms with Crippen molar-refractivity contribution >= 4 is 34.3 Å². The lowest BCUT2D eigenvalue weighted by Gasteiger charge is -2.07. The van der Waals surface area contributed by atoms with Gasteiger partial charge in [-0.05, 0) is 35.7 Å². The smallest absolute Gasteiger partial charge is 0.307 e. The van der Waals surface area contributed by atoms with Crippen molar-refractivity contribution < 1.29 is 14.7 Å². The molecule has 0 radical (unpaired) electrons. The standard InChI is InChI=1S/C19H17ClN2O3/c1-10(2)11-5-6-21-16(7-11)19(25)18-14(9-17(23)24)13-4-3-12(20)8-15(13)22-18/h3-8,10,22H,9H2,1-2H3,(H,23,24). The number of halogens is 1. The third-order valence-corrected chi connectivity index (χ3v) is 4.34. The molecule has 1 aromatic carbocycles.